The Hall–Kier alpha value is -3.02. The number of unbranched alkanes of at least 4 members (excludes halogenated alkanes) is 4. The lowest BCUT2D eigenvalue weighted by atomic mass is 9.99. The molecule has 0 aliphatic carbocycles. The molecule has 0 aliphatic heterocycles. The molecule has 6 heteroatoms. The standard InChI is InChI=1S/C23H28O6/c1-4-5-6-7-8-9-16-13-19(15(2)12-21(16)28-3)23(27)29-17-10-11-18(22(25)26)20(24)14-17/h10-14,24H,4-9H2,1-3H3,(H,25,26). The number of benzene rings is 2. The van der Waals surface area contributed by atoms with Crippen molar-refractivity contribution in [1.29, 1.82) is 0 Å². The molecule has 0 atom stereocenters. The van der Waals surface area contributed by atoms with Crippen molar-refractivity contribution in [3.8, 4) is 17.2 Å². The van der Waals surface area contributed by atoms with Crippen molar-refractivity contribution >= 4 is 11.9 Å². The van der Waals surface area contributed by atoms with Crippen LogP contribution in [0.2, 0.25) is 0 Å². The highest BCUT2D eigenvalue weighted by molar-refractivity contribution is 5.94. The monoisotopic (exact) mass is 400 g/mol. The number of hydrogen-bond donors (Lipinski definition) is 2. The molecule has 29 heavy (non-hydrogen) atoms. The predicted octanol–water partition coefficient (Wildman–Crippen LogP) is 5.14. The Morgan fingerprint density at radius 3 is 2.34 bits per heavy atom. The first-order chi connectivity index (χ1) is 13.9. The molecule has 0 spiro atoms. The van der Waals surface area contributed by atoms with Gasteiger partial charge < -0.3 is 19.7 Å². The number of carboxylic acids is 1. The van der Waals surface area contributed by atoms with Gasteiger partial charge >= 0.3 is 11.9 Å². The third kappa shape index (κ3) is 5.98. The van der Waals surface area contributed by atoms with Gasteiger partial charge in [0.15, 0.2) is 0 Å². The van der Waals surface area contributed by atoms with Crippen molar-refractivity contribution in [2.24, 2.45) is 0 Å². The summed E-state index contributed by atoms with van der Waals surface area (Å²) in [5, 5.41) is 18.8. The number of aryl methyl sites for hydroxylation is 2. The third-order valence-corrected chi connectivity index (χ3v) is 4.81. The minimum absolute atomic E-state index is 0.0776. The van der Waals surface area contributed by atoms with E-state index < -0.39 is 17.7 Å². The van der Waals surface area contributed by atoms with Crippen LogP contribution in [0.1, 0.15) is 70.9 Å². The number of carbonyl (C=O) groups excluding carboxylic acids is 1. The number of esters is 1. The smallest absolute Gasteiger partial charge is 0.343 e. The molecular formula is C23H28O6. The van der Waals surface area contributed by atoms with E-state index in [2.05, 4.69) is 6.92 Å². The van der Waals surface area contributed by atoms with Crippen molar-refractivity contribution in [3.63, 3.8) is 0 Å². The van der Waals surface area contributed by atoms with E-state index in [1.54, 1.807) is 20.1 Å². The summed E-state index contributed by atoms with van der Waals surface area (Å²) < 4.78 is 10.8. The highest BCUT2D eigenvalue weighted by atomic mass is 16.5. The molecule has 0 saturated heterocycles. The van der Waals surface area contributed by atoms with Gasteiger partial charge in [0.2, 0.25) is 0 Å². The molecule has 6 nitrogen and oxygen atoms in total. The number of rotatable bonds is 10. The SMILES string of the molecule is CCCCCCCc1cc(C(=O)Oc2ccc(C(=O)O)c(O)c2)c(C)cc1OC. The maximum absolute atomic E-state index is 12.7. The molecule has 0 heterocycles. The van der Waals surface area contributed by atoms with Gasteiger partial charge in [-0.1, -0.05) is 32.6 Å². The minimum atomic E-state index is -1.25. The quantitative estimate of drug-likeness (QED) is 0.326. The third-order valence-electron chi connectivity index (χ3n) is 4.81. The molecule has 0 radical (unpaired) electrons. The fraction of sp³-hybridized carbons (Fsp3) is 0.391. The highest BCUT2D eigenvalue weighted by Gasteiger charge is 2.17. The normalized spacial score (nSPS) is 10.6. The van der Waals surface area contributed by atoms with Crippen LogP contribution in [-0.2, 0) is 6.42 Å². The van der Waals surface area contributed by atoms with Crippen LogP contribution in [0.3, 0.4) is 0 Å². The molecule has 0 bridgehead atoms. The second-order valence-corrected chi connectivity index (χ2v) is 7.02. The van der Waals surface area contributed by atoms with Crippen LogP contribution >= 0.6 is 0 Å². The average molecular weight is 400 g/mol. The van der Waals surface area contributed by atoms with Crippen LogP contribution in [0.25, 0.3) is 0 Å². The molecule has 0 saturated carbocycles. The Balaban J connectivity index is 2.17. The second kappa shape index (κ2) is 10.5. The Morgan fingerprint density at radius 2 is 1.72 bits per heavy atom. The Kier molecular flexibility index (Phi) is 8.07. The van der Waals surface area contributed by atoms with Crippen molar-refractivity contribution in [3.05, 3.63) is 52.6 Å². The first-order valence-corrected chi connectivity index (χ1v) is 9.83. The van der Waals surface area contributed by atoms with Gasteiger partial charge in [-0.25, -0.2) is 9.59 Å². The van der Waals surface area contributed by atoms with Gasteiger partial charge in [-0.05, 0) is 55.2 Å². The summed E-state index contributed by atoms with van der Waals surface area (Å²) in [4.78, 5) is 23.7. The summed E-state index contributed by atoms with van der Waals surface area (Å²) in [6.45, 7) is 3.98. The van der Waals surface area contributed by atoms with E-state index in [9.17, 15) is 14.7 Å². The average Bonchev–Trinajstić information content (AvgIpc) is 2.68. The fourth-order valence-electron chi connectivity index (χ4n) is 3.17. The summed E-state index contributed by atoms with van der Waals surface area (Å²) in [5.74, 6) is -1.45. The molecular weight excluding hydrogens is 372 g/mol. The van der Waals surface area contributed by atoms with Crippen LogP contribution < -0.4 is 9.47 Å². The first kappa shape index (κ1) is 22.3. The van der Waals surface area contributed by atoms with E-state index >= 15 is 0 Å². The van der Waals surface area contributed by atoms with Crippen molar-refractivity contribution in [2.75, 3.05) is 7.11 Å². The van der Waals surface area contributed by atoms with Gasteiger partial charge in [0, 0.05) is 6.07 Å². The van der Waals surface area contributed by atoms with E-state index in [0.717, 1.165) is 36.6 Å². The Labute approximate surface area is 171 Å². The van der Waals surface area contributed by atoms with Crippen LogP contribution in [0.5, 0.6) is 17.2 Å². The predicted molar refractivity (Wildman–Crippen MR) is 110 cm³/mol. The van der Waals surface area contributed by atoms with E-state index in [0.29, 0.717) is 11.1 Å². The van der Waals surface area contributed by atoms with E-state index in [1.807, 2.05) is 6.07 Å². The van der Waals surface area contributed by atoms with Gasteiger partial charge in [-0.15, -0.1) is 0 Å². The zero-order chi connectivity index (χ0) is 21.4. The molecule has 0 aliphatic rings. The number of ether oxygens (including phenoxy) is 2. The molecule has 0 aromatic heterocycles. The van der Waals surface area contributed by atoms with E-state index in [-0.39, 0.29) is 11.3 Å². The summed E-state index contributed by atoms with van der Waals surface area (Å²) in [6, 6.07) is 7.27. The highest BCUT2D eigenvalue weighted by Crippen LogP contribution is 2.28. The van der Waals surface area contributed by atoms with Crippen LogP contribution in [0.4, 0.5) is 0 Å². The van der Waals surface area contributed by atoms with Crippen LogP contribution in [-0.4, -0.2) is 29.3 Å². The van der Waals surface area contributed by atoms with Gasteiger partial charge in [0.1, 0.15) is 22.8 Å². The van der Waals surface area contributed by atoms with E-state index in [1.165, 1.54) is 31.4 Å². The molecule has 0 amide bonds. The number of phenols is 1. The zero-order valence-electron chi connectivity index (χ0n) is 17.2. The lowest BCUT2D eigenvalue weighted by Gasteiger charge is -2.14. The van der Waals surface area contributed by atoms with Gasteiger partial charge in [0.25, 0.3) is 0 Å². The molecule has 156 valence electrons. The minimum Gasteiger partial charge on any atom is -0.507 e. The number of carboxylic acid groups (broad SMARTS) is 1. The topological polar surface area (TPSA) is 93.1 Å². The largest absolute Gasteiger partial charge is 0.507 e. The first-order valence-electron chi connectivity index (χ1n) is 9.83. The number of carbonyl (C=O) groups is 2. The lowest BCUT2D eigenvalue weighted by molar-refractivity contribution is 0.0693. The molecule has 2 aromatic rings. The Morgan fingerprint density at radius 1 is 1.00 bits per heavy atom. The molecule has 0 fully saturated rings. The maximum Gasteiger partial charge on any atom is 0.343 e. The van der Waals surface area contributed by atoms with Crippen molar-refractivity contribution in [2.45, 2.75) is 52.4 Å². The van der Waals surface area contributed by atoms with Gasteiger partial charge in [-0.2, -0.15) is 0 Å². The number of aromatic hydroxyl groups is 1. The van der Waals surface area contributed by atoms with Gasteiger partial charge in [-0.3, -0.25) is 0 Å². The molecule has 2 rings (SSSR count). The summed E-state index contributed by atoms with van der Waals surface area (Å²) in [6.07, 6.45) is 6.54. The number of hydrogen-bond acceptors (Lipinski definition) is 5. The summed E-state index contributed by atoms with van der Waals surface area (Å²) in [7, 11) is 1.61. The van der Waals surface area contributed by atoms with E-state index in [4.69, 9.17) is 14.6 Å². The zero-order valence-corrected chi connectivity index (χ0v) is 17.2. The summed E-state index contributed by atoms with van der Waals surface area (Å²) in [5.41, 5.74) is 1.82. The maximum atomic E-state index is 12.7. The number of aromatic carboxylic acids is 1. The van der Waals surface area contributed by atoms with Crippen LogP contribution in [0, 0.1) is 6.92 Å². The molecule has 2 N–H and O–H groups in total. The fourth-order valence-corrected chi connectivity index (χ4v) is 3.17. The molecule has 0 unspecified atom stereocenters. The lowest BCUT2D eigenvalue weighted by Crippen LogP contribution is -2.12. The second-order valence-electron chi connectivity index (χ2n) is 7.02. The van der Waals surface area contributed by atoms with Crippen molar-refractivity contribution in [1.82, 2.24) is 0 Å². The number of methoxy groups -OCH3 is 1. The van der Waals surface area contributed by atoms with Crippen molar-refractivity contribution < 1.29 is 29.3 Å². The van der Waals surface area contributed by atoms with Crippen LogP contribution in [0.15, 0.2) is 30.3 Å². The summed E-state index contributed by atoms with van der Waals surface area (Å²) >= 11 is 0. The molecule has 2 aromatic carbocycles. The van der Waals surface area contributed by atoms with Gasteiger partial charge in [0.05, 0.1) is 12.7 Å². The Bertz CT molecular complexity index is 872.